The largest absolute Gasteiger partial charge is 0.462 e. The maximum Gasteiger partial charge on any atom is 0.339 e. The number of nitrogens with two attached hydrogens (primary N) is 1. The minimum atomic E-state index is -1.93. The van der Waals surface area contributed by atoms with Gasteiger partial charge in [0.1, 0.15) is 22.5 Å². The highest BCUT2D eigenvalue weighted by Gasteiger charge is 2.66. The second-order valence-corrected chi connectivity index (χ2v) is 9.62. The summed E-state index contributed by atoms with van der Waals surface area (Å²) in [5.41, 5.74) is 5.92. The molecule has 0 bridgehead atoms. The highest BCUT2D eigenvalue weighted by Crippen LogP contribution is 2.56. The molecule has 0 aliphatic carbocycles. The maximum atomic E-state index is 14.3. The first-order chi connectivity index (χ1) is 17.7. The van der Waals surface area contributed by atoms with Gasteiger partial charge in [-0.25, -0.2) is 4.79 Å². The normalized spacial score (nSPS) is 21.0. The van der Waals surface area contributed by atoms with Crippen LogP contribution in [0.25, 0.3) is 0 Å². The van der Waals surface area contributed by atoms with Crippen molar-refractivity contribution in [3.63, 3.8) is 0 Å². The van der Waals surface area contributed by atoms with E-state index in [-0.39, 0.29) is 41.7 Å². The van der Waals surface area contributed by atoms with E-state index in [1.54, 1.807) is 68.6 Å². The molecule has 190 valence electrons. The highest BCUT2D eigenvalue weighted by atomic mass is 16.5. The van der Waals surface area contributed by atoms with Gasteiger partial charge >= 0.3 is 5.97 Å². The minimum Gasteiger partial charge on any atom is -0.462 e. The average Bonchev–Trinajstić information content (AvgIpc) is 3.24. The Balaban J connectivity index is 1.92. The lowest BCUT2D eigenvalue weighted by Crippen LogP contribution is -2.52. The van der Waals surface area contributed by atoms with Gasteiger partial charge in [-0.1, -0.05) is 50.2 Å². The fourth-order valence-electron chi connectivity index (χ4n) is 5.54. The van der Waals surface area contributed by atoms with Gasteiger partial charge in [0.15, 0.2) is 0 Å². The molecule has 0 aromatic heterocycles. The minimum absolute atomic E-state index is 0.0270. The van der Waals surface area contributed by atoms with Crippen LogP contribution in [-0.2, 0) is 29.3 Å². The molecule has 3 amide bonds. The second-order valence-electron chi connectivity index (χ2n) is 9.62. The van der Waals surface area contributed by atoms with E-state index in [1.165, 1.54) is 9.80 Å². The van der Waals surface area contributed by atoms with Crippen molar-refractivity contribution in [3.05, 3.63) is 82.8 Å². The van der Waals surface area contributed by atoms with E-state index < -0.39 is 29.1 Å². The first kappa shape index (κ1) is 24.3. The van der Waals surface area contributed by atoms with E-state index in [0.717, 1.165) is 4.90 Å². The number of nitrogens with zero attached hydrogens (tertiary/aromatic N) is 3. The predicted molar refractivity (Wildman–Crippen MR) is 137 cm³/mol. The van der Waals surface area contributed by atoms with Gasteiger partial charge < -0.3 is 15.4 Å². The summed E-state index contributed by atoms with van der Waals surface area (Å²) in [6.07, 6.45) is 0. The van der Waals surface area contributed by atoms with Crippen molar-refractivity contribution < 1.29 is 23.9 Å². The number of ether oxygens (including phenoxy) is 1. The number of para-hydroxylation sites is 2. The van der Waals surface area contributed by atoms with Crippen LogP contribution in [0.1, 0.15) is 26.3 Å². The van der Waals surface area contributed by atoms with Crippen molar-refractivity contribution >= 4 is 35.1 Å². The Morgan fingerprint density at radius 1 is 1.00 bits per heavy atom. The summed E-state index contributed by atoms with van der Waals surface area (Å²) in [6.45, 7) is 5.60. The second kappa shape index (κ2) is 8.62. The zero-order valence-electron chi connectivity index (χ0n) is 21.1. The summed E-state index contributed by atoms with van der Waals surface area (Å²) in [6, 6.07) is 15.7. The van der Waals surface area contributed by atoms with E-state index in [9.17, 15) is 19.2 Å². The van der Waals surface area contributed by atoms with Gasteiger partial charge in [-0.2, -0.15) is 0 Å². The van der Waals surface area contributed by atoms with Gasteiger partial charge in [-0.05, 0) is 31.0 Å². The molecule has 3 aliphatic heterocycles. The lowest BCUT2D eigenvalue weighted by molar-refractivity contribution is -0.140. The van der Waals surface area contributed by atoms with Gasteiger partial charge in [-0.3, -0.25) is 24.2 Å². The van der Waals surface area contributed by atoms with Crippen LogP contribution in [-0.4, -0.2) is 48.8 Å². The number of likely N-dealkylation sites (N-methyl/N-ethyl adjacent to an activating group) is 1. The van der Waals surface area contributed by atoms with E-state index in [4.69, 9.17) is 10.5 Å². The fraction of sp³-hybridized carbons (Fsp3) is 0.286. The molecule has 9 nitrogen and oxygen atoms in total. The fourth-order valence-corrected chi connectivity index (χ4v) is 5.54. The zero-order chi connectivity index (χ0) is 26.6. The molecule has 37 heavy (non-hydrogen) atoms. The molecule has 2 aromatic carbocycles. The number of esters is 1. The van der Waals surface area contributed by atoms with Crippen molar-refractivity contribution in [1.29, 1.82) is 0 Å². The number of carbonyl (C=O) groups excluding carboxylic acids is 4. The number of fused-ring (bicyclic) bond motifs is 3. The maximum absolute atomic E-state index is 14.3. The standard InChI is InChI=1S/C28H28N4O5/c1-5-37-26(35)21-23(29)32(17-11-7-6-8-12-17)22-20(24(33)31(25(22)34)15-16(2)3)28(21)18-13-9-10-14-19(18)30(4)27(28)36/h6-14,16H,5,15,29H2,1-4H3/t28-/m0/s1. The Hall–Kier alpha value is -4.40. The predicted octanol–water partition coefficient (Wildman–Crippen LogP) is 2.43. The van der Waals surface area contributed by atoms with Crippen molar-refractivity contribution in [2.45, 2.75) is 26.2 Å². The van der Waals surface area contributed by atoms with Crippen LogP contribution in [0, 0.1) is 5.92 Å². The van der Waals surface area contributed by atoms with Crippen LogP contribution in [0.5, 0.6) is 0 Å². The van der Waals surface area contributed by atoms with Crippen LogP contribution in [0.2, 0.25) is 0 Å². The zero-order valence-corrected chi connectivity index (χ0v) is 21.1. The van der Waals surface area contributed by atoms with Crippen molar-refractivity contribution in [2.75, 3.05) is 30.0 Å². The van der Waals surface area contributed by atoms with Gasteiger partial charge in [0, 0.05) is 30.5 Å². The third-order valence-corrected chi connectivity index (χ3v) is 6.95. The highest BCUT2D eigenvalue weighted by molar-refractivity contribution is 6.31. The van der Waals surface area contributed by atoms with Gasteiger partial charge in [0.2, 0.25) is 5.91 Å². The molecule has 0 fully saturated rings. The van der Waals surface area contributed by atoms with Gasteiger partial charge in [0.25, 0.3) is 11.8 Å². The molecule has 0 saturated heterocycles. The van der Waals surface area contributed by atoms with E-state index in [1.807, 2.05) is 13.8 Å². The Labute approximate surface area is 214 Å². The molecule has 9 heteroatoms. The van der Waals surface area contributed by atoms with Crippen molar-refractivity contribution in [2.24, 2.45) is 11.7 Å². The lowest BCUT2D eigenvalue weighted by Gasteiger charge is -2.39. The summed E-state index contributed by atoms with van der Waals surface area (Å²) in [4.78, 5) is 60.0. The molecule has 2 aromatic rings. The monoisotopic (exact) mass is 500 g/mol. The molecular formula is C28H28N4O5. The topological polar surface area (TPSA) is 113 Å². The van der Waals surface area contributed by atoms with Crippen LogP contribution in [0.15, 0.2) is 77.3 Å². The molecule has 1 atom stereocenters. The average molecular weight is 501 g/mol. The summed E-state index contributed by atoms with van der Waals surface area (Å²) >= 11 is 0. The summed E-state index contributed by atoms with van der Waals surface area (Å²) < 4.78 is 5.42. The Bertz CT molecular complexity index is 1410. The number of imide groups is 1. The Morgan fingerprint density at radius 2 is 1.65 bits per heavy atom. The van der Waals surface area contributed by atoms with Gasteiger partial charge in [0.05, 0.1) is 12.2 Å². The molecule has 3 aliphatic rings. The summed E-state index contributed by atoms with van der Waals surface area (Å²) in [7, 11) is 1.58. The summed E-state index contributed by atoms with van der Waals surface area (Å²) in [5, 5.41) is 0. The molecule has 0 unspecified atom stereocenters. The van der Waals surface area contributed by atoms with E-state index in [0.29, 0.717) is 16.9 Å². The molecular weight excluding hydrogens is 472 g/mol. The number of amides is 3. The number of hydrogen-bond donors (Lipinski definition) is 1. The first-order valence-corrected chi connectivity index (χ1v) is 12.2. The number of benzene rings is 2. The molecule has 3 heterocycles. The van der Waals surface area contributed by atoms with E-state index >= 15 is 0 Å². The smallest absolute Gasteiger partial charge is 0.339 e. The van der Waals surface area contributed by atoms with E-state index in [2.05, 4.69) is 0 Å². The molecule has 5 rings (SSSR count). The third kappa shape index (κ3) is 3.16. The number of rotatable bonds is 5. The quantitative estimate of drug-likeness (QED) is 0.496. The van der Waals surface area contributed by atoms with Crippen LogP contribution in [0.3, 0.4) is 0 Å². The van der Waals surface area contributed by atoms with Crippen LogP contribution >= 0.6 is 0 Å². The summed E-state index contributed by atoms with van der Waals surface area (Å²) in [5.74, 6) is -2.72. The lowest BCUT2D eigenvalue weighted by atomic mass is 9.66. The van der Waals surface area contributed by atoms with Gasteiger partial charge in [-0.15, -0.1) is 0 Å². The number of carbonyl (C=O) groups is 4. The Morgan fingerprint density at radius 3 is 2.30 bits per heavy atom. The molecule has 0 saturated carbocycles. The van der Waals surface area contributed by atoms with Crippen molar-refractivity contribution in [1.82, 2.24) is 4.90 Å². The molecule has 0 radical (unpaired) electrons. The third-order valence-electron chi connectivity index (χ3n) is 6.95. The SMILES string of the molecule is CCOC(=O)C1=C(N)N(c2ccccc2)C2=C(C(=O)N(CC(C)C)C2=O)[C@]12C(=O)N(C)c1ccccc12. The van der Waals surface area contributed by atoms with Crippen LogP contribution in [0.4, 0.5) is 11.4 Å². The molecule has 2 N–H and O–H groups in total. The number of anilines is 2. The number of hydrogen-bond acceptors (Lipinski definition) is 7. The first-order valence-electron chi connectivity index (χ1n) is 12.2. The molecule has 1 spiro atoms. The Kier molecular flexibility index (Phi) is 5.66. The van der Waals surface area contributed by atoms with Crippen LogP contribution < -0.4 is 15.5 Å². The van der Waals surface area contributed by atoms with Crippen molar-refractivity contribution in [3.8, 4) is 0 Å².